The third-order valence-electron chi connectivity index (χ3n) is 7.70. The van der Waals surface area contributed by atoms with Crippen LogP contribution in [0.15, 0.2) is 30.3 Å². The zero-order valence-electron chi connectivity index (χ0n) is 11.0. The van der Waals surface area contributed by atoms with Crippen LogP contribution in [0.4, 0.5) is 0 Å². The monoisotopic (exact) mass is 332 g/mol. The van der Waals surface area contributed by atoms with Crippen molar-refractivity contribution in [3.63, 3.8) is 0 Å². The third-order valence-corrected chi connectivity index (χ3v) is 9.05. The van der Waals surface area contributed by atoms with Gasteiger partial charge in [0.05, 0.1) is 11.2 Å². The van der Waals surface area contributed by atoms with Crippen molar-refractivity contribution < 1.29 is 10.2 Å². The SMILES string of the molecule is OC1(c2ccccc2)C2C3[C@H]4C[C@@H]2C2C4C(Br)[C@]3(O)C21. The summed E-state index contributed by atoms with van der Waals surface area (Å²) >= 11 is 3.81. The Kier molecular flexibility index (Phi) is 1.63. The molecule has 0 aliphatic heterocycles. The topological polar surface area (TPSA) is 40.5 Å². The van der Waals surface area contributed by atoms with Gasteiger partial charge >= 0.3 is 0 Å². The maximum Gasteiger partial charge on any atom is 0.0989 e. The number of benzene rings is 1. The van der Waals surface area contributed by atoms with Crippen LogP contribution in [0.1, 0.15) is 12.0 Å². The summed E-state index contributed by atoms with van der Waals surface area (Å²) in [5.41, 5.74) is -0.420. The molecule has 6 fully saturated rings. The lowest BCUT2D eigenvalue weighted by Crippen LogP contribution is -2.47. The van der Waals surface area contributed by atoms with E-state index >= 15 is 0 Å². The highest BCUT2D eigenvalue weighted by atomic mass is 79.9. The predicted molar refractivity (Wildman–Crippen MR) is 77.1 cm³/mol. The molecule has 20 heavy (non-hydrogen) atoms. The average molecular weight is 333 g/mol. The van der Waals surface area contributed by atoms with Crippen LogP contribution < -0.4 is 0 Å². The van der Waals surface area contributed by atoms with Crippen molar-refractivity contribution in [3.8, 4) is 0 Å². The van der Waals surface area contributed by atoms with Gasteiger partial charge in [-0.15, -0.1) is 0 Å². The van der Waals surface area contributed by atoms with E-state index in [-0.39, 0.29) is 16.7 Å². The summed E-state index contributed by atoms with van der Waals surface area (Å²) in [5.74, 6) is 3.09. The number of alkyl halides is 1. The van der Waals surface area contributed by atoms with Crippen LogP contribution in [-0.4, -0.2) is 20.6 Å². The molecule has 10 atom stereocenters. The maximum absolute atomic E-state index is 11.6. The van der Waals surface area contributed by atoms with Gasteiger partial charge in [-0.2, -0.15) is 0 Å². The van der Waals surface area contributed by atoms with Gasteiger partial charge in [0.25, 0.3) is 0 Å². The summed E-state index contributed by atoms with van der Waals surface area (Å²) < 4.78 is 0. The minimum Gasteiger partial charge on any atom is -0.388 e. The summed E-state index contributed by atoms with van der Waals surface area (Å²) in [6, 6.07) is 10.1. The highest BCUT2D eigenvalue weighted by Crippen LogP contribution is 2.88. The first-order valence-electron chi connectivity index (χ1n) is 7.75. The first kappa shape index (κ1) is 11.2. The van der Waals surface area contributed by atoms with Crippen molar-refractivity contribution in [1.82, 2.24) is 0 Å². The van der Waals surface area contributed by atoms with Crippen LogP contribution in [-0.2, 0) is 5.60 Å². The van der Waals surface area contributed by atoms with Crippen molar-refractivity contribution in [2.75, 3.05) is 0 Å². The molecule has 0 amide bonds. The largest absolute Gasteiger partial charge is 0.388 e. The van der Waals surface area contributed by atoms with Crippen LogP contribution >= 0.6 is 15.9 Å². The molecule has 6 aliphatic rings. The quantitative estimate of drug-likeness (QED) is 0.773. The standard InChI is InChI=1S/C17H17BrO2/c18-15-11-9-6-8-10(11)14-16(19,7-4-2-1-3-5-7)12(8)13(9)17(14,15)20/h1-5,8-15,19-20H,6H2/t8-,9+,10?,11?,12?,13?,14?,15?,16?,17-/m1/s1. The fourth-order valence-electron chi connectivity index (χ4n) is 7.73. The lowest BCUT2D eigenvalue weighted by Gasteiger charge is -2.38. The van der Waals surface area contributed by atoms with E-state index in [9.17, 15) is 10.2 Å². The molecule has 0 saturated heterocycles. The predicted octanol–water partition coefficient (Wildman–Crippen LogP) is 2.14. The van der Waals surface area contributed by atoms with Crippen molar-refractivity contribution in [2.45, 2.75) is 22.5 Å². The maximum atomic E-state index is 11.6. The number of halogens is 1. The van der Waals surface area contributed by atoms with E-state index in [0.29, 0.717) is 29.6 Å². The molecule has 2 nitrogen and oxygen atoms in total. The number of rotatable bonds is 1. The molecule has 0 spiro atoms. The van der Waals surface area contributed by atoms with Gasteiger partial charge in [-0.1, -0.05) is 46.3 Å². The molecule has 6 saturated carbocycles. The molecule has 7 rings (SSSR count). The summed E-state index contributed by atoms with van der Waals surface area (Å²) in [6.45, 7) is 0. The van der Waals surface area contributed by atoms with E-state index in [1.54, 1.807) is 0 Å². The van der Waals surface area contributed by atoms with E-state index in [1.807, 2.05) is 18.2 Å². The molecular weight excluding hydrogens is 316 g/mol. The third kappa shape index (κ3) is 0.768. The molecule has 0 heterocycles. The van der Waals surface area contributed by atoms with Crippen LogP contribution in [0.3, 0.4) is 0 Å². The Balaban J connectivity index is 1.65. The Labute approximate surface area is 126 Å². The zero-order chi connectivity index (χ0) is 13.4. The van der Waals surface area contributed by atoms with Crippen molar-refractivity contribution in [1.29, 1.82) is 0 Å². The van der Waals surface area contributed by atoms with Crippen LogP contribution in [0, 0.1) is 41.4 Å². The Bertz CT molecular complexity index is 631. The molecule has 3 heteroatoms. The average Bonchev–Trinajstić information content (AvgIpc) is 3.16. The molecule has 0 radical (unpaired) electrons. The molecule has 104 valence electrons. The van der Waals surface area contributed by atoms with Crippen LogP contribution in [0.2, 0.25) is 0 Å². The minimum absolute atomic E-state index is 0.0468. The van der Waals surface area contributed by atoms with Gasteiger partial charge in [-0.25, -0.2) is 0 Å². The highest BCUT2D eigenvalue weighted by Gasteiger charge is 2.92. The Hall–Kier alpha value is -0.380. The van der Waals surface area contributed by atoms with Gasteiger partial charge in [-0.05, 0) is 41.6 Å². The second kappa shape index (κ2) is 2.90. The van der Waals surface area contributed by atoms with Crippen molar-refractivity contribution in [2.24, 2.45) is 41.4 Å². The van der Waals surface area contributed by atoms with Gasteiger partial charge in [-0.3, -0.25) is 0 Å². The molecule has 1 aromatic rings. The number of hydrogen-bond donors (Lipinski definition) is 2. The van der Waals surface area contributed by atoms with Gasteiger partial charge < -0.3 is 10.2 Å². The van der Waals surface area contributed by atoms with Gasteiger partial charge in [0, 0.05) is 16.7 Å². The molecule has 2 N–H and O–H groups in total. The zero-order valence-corrected chi connectivity index (χ0v) is 12.6. The smallest absolute Gasteiger partial charge is 0.0989 e. The molecule has 1 aromatic carbocycles. The number of hydrogen-bond acceptors (Lipinski definition) is 2. The first-order chi connectivity index (χ1) is 9.61. The number of aliphatic hydroxyl groups is 2. The van der Waals surface area contributed by atoms with Crippen LogP contribution in [0.5, 0.6) is 0 Å². The van der Waals surface area contributed by atoms with E-state index in [2.05, 4.69) is 28.1 Å². The van der Waals surface area contributed by atoms with Crippen molar-refractivity contribution in [3.05, 3.63) is 35.9 Å². The minimum atomic E-state index is -0.790. The van der Waals surface area contributed by atoms with E-state index in [0.717, 1.165) is 5.56 Å². The van der Waals surface area contributed by atoms with E-state index < -0.39 is 11.2 Å². The summed E-state index contributed by atoms with van der Waals surface area (Å²) in [6.07, 6.45) is 1.24. The lowest BCUT2D eigenvalue weighted by molar-refractivity contribution is -0.0777. The van der Waals surface area contributed by atoms with E-state index in [1.165, 1.54) is 6.42 Å². The summed E-state index contributed by atoms with van der Waals surface area (Å²) in [7, 11) is 0. The first-order valence-corrected chi connectivity index (χ1v) is 8.67. The second-order valence-electron chi connectivity index (χ2n) is 7.73. The lowest BCUT2D eigenvalue weighted by atomic mass is 9.69. The molecule has 6 bridgehead atoms. The second-order valence-corrected chi connectivity index (χ2v) is 8.71. The normalized spacial score (nSPS) is 67.0. The highest BCUT2D eigenvalue weighted by molar-refractivity contribution is 9.09. The molecule has 0 aromatic heterocycles. The Morgan fingerprint density at radius 1 is 1.00 bits per heavy atom. The van der Waals surface area contributed by atoms with E-state index in [4.69, 9.17) is 0 Å². The Morgan fingerprint density at radius 3 is 2.40 bits per heavy atom. The Morgan fingerprint density at radius 2 is 1.70 bits per heavy atom. The fraction of sp³-hybridized carbons (Fsp3) is 0.647. The van der Waals surface area contributed by atoms with Gasteiger partial charge in [0.2, 0.25) is 0 Å². The van der Waals surface area contributed by atoms with Crippen molar-refractivity contribution >= 4 is 15.9 Å². The molecular formula is C17H17BrO2. The van der Waals surface area contributed by atoms with Gasteiger partial charge in [0.1, 0.15) is 0 Å². The van der Waals surface area contributed by atoms with Crippen LogP contribution in [0.25, 0.3) is 0 Å². The summed E-state index contributed by atoms with van der Waals surface area (Å²) in [4.78, 5) is 0.202. The van der Waals surface area contributed by atoms with Gasteiger partial charge in [0.15, 0.2) is 0 Å². The molecule has 7 unspecified atom stereocenters. The fourth-order valence-corrected chi connectivity index (χ4v) is 9.06. The molecule has 6 aliphatic carbocycles. The summed E-state index contributed by atoms with van der Waals surface area (Å²) in [5, 5.41) is 23.0.